The number of hydrogen-bond donors (Lipinski definition) is 1. The Morgan fingerprint density at radius 1 is 1.31 bits per heavy atom. The molecule has 29 heavy (non-hydrogen) atoms. The van der Waals surface area contributed by atoms with Gasteiger partial charge in [0.1, 0.15) is 11.3 Å². The van der Waals surface area contributed by atoms with Crippen LogP contribution < -0.4 is 15.7 Å². The second-order valence-electron chi connectivity index (χ2n) is 7.17. The maximum Gasteiger partial charge on any atom is 0.336 e. The summed E-state index contributed by atoms with van der Waals surface area (Å²) >= 11 is 0. The Labute approximate surface area is 169 Å². The maximum absolute atomic E-state index is 12.5. The van der Waals surface area contributed by atoms with Crippen molar-refractivity contribution >= 4 is 16.9 Å². The van der Waals surface area contributed by atoms with Gasteiger partial charge in [-0.15, -0.1) is 0 Å². The first-order chi connectivity index (χ1) is 14.0. The molecular formula is C23H26N2O4. The molecule has 2 aromatic heterocycles. The molecule has 0 aliphatic carbocycles. The quantitative estimate of drug-likeness (QED) is 0.586. The highest BCUT2D eigenvalue weighted by Crippen LogP contribution is 2.31. The molecule has 3 aromatic rings. The molecule has 0 saturated heterocycles. The number of unbranched alkanes of at least 4 members (excludes halogenated alkanes) is 1. The highest BCUT2D eigenvalue weighted by molar-refractivity contribution is 5.88. The van der Waals surface area contributed by atoms with Crippen LogP contribution in [-0.4, -0.2) is 17.0 Å². The summed E-state index contributed by atoms with van der Waals surface area (Å²) in [5.41, 5.74) is 2.81. The molecule has 1 atom stereocenters. The minimum absolute atomic E-state index is 0.226. The minimum Gasteiger partial charge on any atom is -0.480 e. The number of ether oxygens (including phenoxy) is 1. The number of amides is 1. The van der Waals surface area contributed by atoms with Crippen LogP contribution in [-0.2, 0) is 17.8 Å². The van der Waals surface area contributed by atoms with E-state index in [4.69, 9.17) is 9.15 Å². The maximum atomic E-state index is 12.5. The topological polar surface area (TPSA) is 81.4 Å². The second-order valence-corrected chi connectivity index (χ2v) is 7.17. The molecule has 1 N–H and O–H groups in total. The molecule has 1 amide bonds. The number of fused-ring (bicyclic) bond motifs is 1. The van der Waals surface area contributed by atoms with Gasteiger partial charge in [-0.05, 0) is 61.6 Å². The Hall–Kier alpha value is -3.15. The lowest BCUT2D eigenvalue weighted by molar-refractivity contribution is -0.127. The lowest BCUT2D eigenvalue weighted by Gasteiger charge is -2.18. The fourth-order valence-corrected chi connectivity index (χ4v) is 3.21. The van der Waals surface area contributed by atoms with Gasteiger partial charge in [0.15, 0.2) is 6.10 Å². The Morgan fingerprint density at radius 2 is 2.14 bits per heavy atom. The molecular weight excluding hydrogens is 368 g/mol. The molecule has 0 spiro atoms. The molecule has 0 radical (unpaired) electrons. The Bertz CT molecular complexity index is 1040. The van der Waals surface area contributed by atoms with Crippen molar-refractivity contribution in [3.05, 3.63) is 69.8 Å². The molecule has 0 aliphatic heterocycles. The third kappa shape index (κ3) is 5.22. The first kappa shape index (κ1) is 20.6. The average molecular weight is 394 g/mol. The number of pyridine rings is 1. The zero-order chi connectivity index (χ0) is 20.8. The summed E-state index contributed by atoms with van der Waals surface area (Å²) in [5, 5.41) is 3.62. The third-order valence-electron chi connectivity index (χ3n) is 4.70. The predicted molar refractivity (Wildman–Crippen MR) is 112 cm³/mol. The zero-order valence-electron chi connectivity index (χ0n) is 17.0. The van der Waals surface area contributed by atoms with Crippen molar-refractivity contribution in [2.24, 2.45) is 0 Å². The largest absolute Gasteiger partial charge is 0.480 e. The number of carbonyl (C=O) groups excluding carboxylic acids is 1. The number of nitrogens with one attached hydrogen (secondary N) is 1. The summed E-state index contributed by atoms with van der Waals surface area (Å²) in [7, 11) is 0. The van der Waals surface area contributed by atoms with Gasteiger partial charge in [-0.1, -0.05) is 19.4 Å². The molecule has 152 valence electrons. The summed E-state index contributed by atoms with van der Waals surface area (Å²) < 4.78 is 11.4. The second kappa shape index (κ2) is 9.37. The van der Waals surface area contributed by atoms with E-state index in [9.17, 15) is 9.59 Å². The van der Waals surface area contributed by atoms with Crippen LogP contribution >= 0.6 is 0 Å². The van der Waals surface area contributed by atoms with Crippen LogP contribution in [0.5, 0.6) is 5.75 Å². The standard InChI is InChI=1S/C23H26N2O4/c1-4-5-8-18-12-21(26)29-20-11-15(2)10-19(22(18)20)28-16(3)23(27)25-14-17-7-6-9-24-13-17/h6-7,9-13,16H,4-5,8,14H2,1-3H3,(H,25,27)/t16-/m0/s1. The van der Waals surface area contributed by atoms with E-state index in [1.807, 2.05) is 31.2 Å². The molecule has 6 nitrogen and oxygen atoms in total. The number of aryl methyl sites for hydroxylation is 2. The van der Waals surface area contributed by atoms with Crippen LogP contribution in [0.1, 0.15) is 43.4 Å². The van der Waals surface area contributed by atoms with Crippen LogP contribution in [0.3, 0.4) is 0 Å². The van der Waals surface area contributed by atoms with Gasteiger partial charge < -0.3 is 14.5 Å². The third-order valence-corrected chi connectivity index (χ3v) is 4.70. The van der Waals surface area contributed by atoms with Gasteiger partial charge in [0.2, 0.25) is 0 Å². The van der Waals surface area contributed by atoms with Crippen LogP contribution in [0.4, 0.5) is 0 Å². The molecule has 6 heteroatoms. The smallest absolute Gasteiger partial charge is 0.336 e. The summed E-state index contributed by atoms with van der Waals surface area (Å²) in [4.78, 5) is 28.5. The fraction of sp³-hybridized carbons (Fsp3) is 0.348. The van der Waals surface area contributed by atoms with Gasteiger partial charge >= 0.3 is 5.63 Å². The predicted octanol–water partition coefficient (Wildman–Crippen LogP) is 3.92. The van der Waals surface area contributed by atoms with Crippen molar-refractivity contribution in [2.45, 2.75) is 52.7 Å². The first-order valence-electron chi connectivity index (χ1n) is 9.88. The van der Waals surface area contributed by atoms with Crippen LogP contribution in [0.25, 0.3) is 11.0 Å². The first-order valence-corrected chi connectivity index (χ1v) is 9.88. The summed E-state index contributed by atoms with van der Waals surface area (Å²) in [5.74, 6) is 0.329. The lowest BCUT2D eigenvalue weighted by atomic mass is 10.0. The highest BCUT2D eigenvalue weighted by atomic mass is 16.5. The van der Waals surface area contributed by atoms with Crippen molar-refractivity contribution in [3.63, 3.8) is 0 Å². The molecule has 0 unspecified atom stereocenters. The number of carbonyl (C=O) groups is 1. The number of rotatable bonds is 8. The average Bonchev–Trinajstić information content (AvgIpc) is 2.70. The molecule has 0 saturated carbocycles. The van der Waals surface area contributed by atoms with E-state index < -0.39 is 6.10 Å². The van der Waals surface area contributed by atoms with Crippen molar-refractivity contribution in [1.29, 1.82) is 0 Å². The highest BCUT2D eigenvalue weighted by Gasteiger charge is 2.19. The molecule has 0 bridgehead atoms. The Morgan fingerprint density at radius 3 is 2.86 bits per heavy atom. The number of nitrogens with zero attached hydrogens (tertiary/aromatic N) is 1. The SMILES string of the molecule is CCCCc1cc(=O)oc2cc(C)cc(O[C@@H](C)C(=O)NCc3cccnc3)c12. The fourth-order valence-electron chi connectivity index (χ4n) is 3.21. The van der Waals surface area contributed by atoms with Crippen LogP contribution in [0.2, 0.25) is 0 Å². The Balaban J connectivity index is 1.84. The minimum atomic E-state index is -0.706. The van der Waals surface area contributed by atoms with Crippen molar-refractivity contribution in [3.8, 4) is 5.75 Å². The van der Waals surface area contributed by atoms with Crippen molar-refractivity contribution in [1.82, 2.24) is 10.3 Å². The van der Waals surface area contributed by atoms with E-state index in [-0.39, 0.29) is 11.5 Å². The van der Waals surface area contributed by atoms with Crippen LogP contribution in [0.15, 0.2) is 51.9 Å². The van der Waals surface area contributed by atoms with E-state index in [0.29, 0.717) is 17.9 Å². The number of benzene rings is 1. The van der Waals surface area contributed by atoms with E-state index in [2.05, 4.69) is 17.2 Å². The van der Waals surface area contributed by atoms with E-state index in [1.165, 1.54) is 6.07 Å². The lowest BCUT2D eigenvalue weighted by Crippen LogP contribution is -2.36. The van der Waals surface area contributed by atoms with Gasteiger partial charge in [-0.25, -0.2) is 4.79 Å². The molecule has 0 aliphatic rings. The van der Waals surface area contributed by atoms with E-state index >= 15 is 0 Å². The van der Waals surface area contributed by atoms with Gasteiger partial charge in [-0.3, -0.25) is 9.78 Å². The Kier molecular flexibility index (Phi) is 6.65. The van der Waals surface area contributed by atoms with Crippen molar-refractivity contribution in [2.75, 3.05) is 0 Å². The van der Waals surface area contributed by atoms with Crippen molar-refractivity contribution < 1.29 is 13.9 Å². The van der Waals surface area contributed by atoms with Gasteiger partial charge in [-0.2, -0.15) is 0 Å². The van der Waals surface area contributed by atoms with Gasteiger partial charge in [0.05, 0.1) is 5.39 Å². The van der Waals surface area contributed by atoms with E-state index in [1.54, 1.807) is 19.3 Å². The summed E-state index contributed by atoms with van der Waals surface area (Å²) in [6.07, 6.45) is 5.41. The van der Waals surface area contributed by atoms with E-state index in [0.717, 1.165) is 41.3 Å². The molecule has 0 fully saturated rings. The van der Waals surface area contributed by atoms with Crippen LogP contribution in [0, 0.1) is 6.92 Å². The number of aromatic nitrogens is 1. The molecule has 1 aromatic carbocycles. The van der Waals surface area contributed by atoms with Gasteiger partial charge in [0.25, 0.3) is 5.91 Å². The normalized spacial score (nSPS) is 12.0. The summed E-state index contributed by atoms with van der Waals surface area (Å²) in [6.45, 7) is 6.09. The summed E-state index contributed by atoms with van der Waals surface area (Å²) in [6, 6.07) is 8.95. The zero-order valence-corrected chi connectivity index (χ0v) is 17.0. The molecule has 3 rings (SSSR count). The monoisotopic (exact) mass is 394 g/mol. The van der Waals surface area contributed by atoms with Gasteiger partial charge in [0, 0.05) is 25.0 Å². The molecule has 2 heterocycles. The number of hydrogen-bond acceptors (Lipinski definition) is 5.